The lowest BCUT2D eigenvalue weighted by atomic mass is 10.2. The highest BCUT2D eigenvalue weighted by molar-refractivity contribution is 7.98. The van der Waals surface area contributed by atoms with Crippen molar-refractivity contribution in [3.63, 3.8) is 0 Å². The van der Waals surface area contributed by atoms with Gasteiger partial charge in [-0.25, -0.2) is 9.78 Å². The Labute approximate surface area is 109 Å². The summed E-state index contributed by atoms with van der Waals surface area (Å²) in [5.74, 6) is -1.17. The predicted molar refractivity (Wildman–Crippen MR) is 67.7 cm³/mol. The number of carbonyl (C=O) groups is 2. The van der Waals surface area contributed by atoms with Crippen molar-refractivity contribution in [1.29, 1.82) is 0 Å². The van der Waals surface area contributed by atoms with E-state index in [-0.39, 0.29) is 5.91 Å². The van der Waals surface area contributed by atoms with Gasteiger partial charge in [-0.05, 0) is 31.2 Å². The summed E-state index contributed by atoms with van der Waals surface area (Å²) < 4.78 is 0. The van der Waals surface area contributed by atoms with Crippen molar-refractivity contribution < 1.29 is 14.7 Å². The number of pyridine rings is 1. The molecule has 0 radical (unpaired) electrons. The fourth-order valence-corrected chi connectivity index (χ4v) is 2.68. The smallest absolute Gasteiger partial charge is 0.326 e. The molecular formula is C12H14N2O3S. The number of aliphatic carboxylic acids is 1. The highest BCUT2D eigenvalue weighted by atomic mass is 32.2. The second-order valence-electron chi connectivity index (χ2n) is 4.06. The number of likely N-dealkylation sites (tertiary alicyclic amines) is 1. The third kappa shape index (κ3) is 2.33. The van der Waals surface area contributed by atoms with Crippen molar-refractivity contribution in [3.05, 3.63) is 23.9 Å². The van der Waals surface area contributed by atoms with Crippen LogP contribution in [0.2, 0.25) is 0 Å². The quantitative estimate of drug-likeness (QED) is 0.839. The third-order valence-corrected chi connectivity index (χ3v) is 3.71. The Kier molecular flexibility index (Phi) is 3.86. The lowest BCUT2D eigenvalue weighted by Crippen LogP contribution is -2.40. The number of carboxylic acid groups (broad SMARTS) is 1. The summed E-state index contributed by atoms with van der Waals surface area (Å²) in [5, 5.41) is 9.73. The minimum Gasteiger partial charge on any atom is -0.480 e. The minimum atomic E-state index is -0.935. The molecule has 1 saturated heterocycles. The molecular weight excluding hydrogens is 252 g/mol. The van der Waals surface area contributed by atoms with Crippen LogP contribution in [0.15, 0.2) is 23.4 Å². The van der Waals surface area contributed by atoms with E-state index in [1.807, 2.05) is 6.26 Å². The molecule has 1 aromatic heterocycles. The number of carboxylic acids is 1. The molecule has 0 bridgehead atoms. The van der Waals surface area contributed by atoms with Crippen LogP contribution in [0, 0.1) is 0 Å². The van der Waals surface area contributed by atoms with Crippen molar-refractivity contribution in [3.8, 4) is 0 Å². The maximum absolute atomic E-state index is 12.4. The standard InChI is InChI=1S/C12H14N2O3S/c1-18-10-8(4-2-6-13-10)11(15)14-7-3-5-9(14)12(16)17/h2,4,6,9H,3,5,7H2,1H3,(H,16,17). The predicted octanol–water partition coefficient (Wildman–Crippen LogP) is 1.49. The van der Waals surface area contributed by atoms with E-state index in [1.165, 1.54) is 16.7 Å². The fraction of sp³-hybridized carbons (Fsp3) is 0.417. The van der Waals surface area contributed by atoms with Crippen LogP contribution in [0.4, 0.5) is 0 Å². The maximum atomic E-state index is 12.4. The molecule has 1 amide bonds. The first-order valence-electron chi connectivity index (χ1n) is 5.68. The summed E-state index contributed by atoms with van der Waals surface area (Å²) >= 11 is 1.39. The third-order valence-electron chi connectivity index (χ3n) is 2.99. The first-order chi connectivity index (χ1) is 8.65. The molecule has 2 heterocycles. The molecule has 0 aromatic carbocycles. The van der Waals surface area contributed by atoms with Gasteiger partial charge in [0.15, 0.2) is 0 Å². The van der Waals surface area contributed by atoms with Gasteiger partial charge in [0.1, 0.15) is 11.1 Å². The van der Waals surface area contributed by atoms with Crippen molar-refractivity contribution in [2.75, 3.05) is 12.8 Å². The molecule has 1 atom stereocenters. The van der Waals surface area contributed by atoms with Gasteiger partial charge in [-0.3, -0.25) is 4.79 Å². The van der Waals surface area contributed by atoms with E-state index in [0.29, 0.717) is 23.6 Å². The molecule has 1 fully saturated rings. The first kappa shape index (κ1) is 12.9. The highest BCUT2D eigenvalue weighted by Gasteiger charge is 2.35. The van der Waals surface area contributed by atoms with Crippen LogP contribution in [-0.4, -0.2) is 45.7 Å². The molecule has 0 aliphatic carbocycles. The lowest BCUT2D eigenvalue weighted by Gasteiger charge is -2.22. The van der Waals surface area contributed by atoms with Gasteiger partial charge in [-0.1, -0.05) is 0 Å². The van der Waals surface area contributed by atoms with Crippen LogP contribution in [0.25, 0.3) is 0 Å². The lowest BCUT2D eigenvalue weighted by molar-refractivity contribution is -0.141. The van der Waals surface area contributed by atoms with Crippen LogP contribution in [-0.2, 0) is 4.79 Å². The molecule has 1 aliphatic rings. The summed E-state index contributed by atoms with van der Waals surface area (Å²) in [6, 6.07) is 2.68. The summed E-state index contributed by atoms with van der Waals surface area (Å²) in [7, 11) is 0. The van der Waals surface area contributed by atoms with Crippen molar-refractivity contribution in [1.82, 2.24) is 9.88 Å². The van der Waals surface area contributed by atoms with Crippen LogP contribution in [0.3, 0.4) is 0 Å². The first-order valence-corrected chi connectivity index (χ1v) is 6.90. The molecule has 2 rings (SSSR count). The van der Waals surface area contributed by atoms with Gasteiger partial charge >= 0.3 is 5.97 Å². The van der Waals surface area contributed by atoms with E-state index in [9.17, 15) is 9.59 Å². The average Bonchev–Trinajstić information content (AvgIpc) is 2.87. The second-order valence-corrected chi connectivity index (χ2v) is 4.85. The number of amides is 1. The van der Waals surface area contributed by atoms with Gasteiger partial charge < -0.3 is 10.0 Å². The van der Waals surface area contributed by atoms with E-state index < -0.39 is 12.0 Å². The molecule has 6 heteroatoms. The molecule has 18 heavy (non-hydrogen) atoms. The van der Waals surface area contributed by atoms with Crippen LogP contribution < -0.4 is 0 Å². The Hall–Kier alpha value is -1.56. The number of hydrogen-bond donors (Lipinski definition) is 1. The van der Waals surface area contributed by atoms with Crippen LogP contribution >= 0.6 is 11.8 Å². The van der Waals surface area contributed by atoms with E-state index in [2.05, 4.69) is 4.98 Å². The van der Waals surface area contributed by atoms with Crippen LogP contribution in [0.5, 0.6) is 0 Å². The molecule has 1 aromatic rings. The largest absolute Gasteiger partial charge is 0.480 e. The summed E-state index contributed by atoms with van der Waals surface area (Å²) in [6.45, 7) is 0.499. The molecule has 1 N–H and O–H groups in total. The zero-order valence-electron chi connectivity index (χ0n) is 10.00. The highest BCUT2D eigenvalue weighted by Crippen LogP contribution is 2.24. The molecule has 96 valence electrons. The monoisotopic (exact) mass is 266 g/mol. The van der Waals surface area contributed by atoms with Gasteiger partial charge in [0.25, 0.3) is 5.91 Å². The van der Waals surface area contributed by atoms with Gasteiger partial charge in [0.05, 0.1) is 5.56 Å². The maximum Gasteiger partial charge on any atom is 0.326 e. The topological polar surface area (TPSA) is 70.5 Å². The Morgan fingerprint density at radius 1 is 1.56 bits per heavy atom. The Balaban J connectivity index is 2.28. The Bertz CT molecular complexity index is 478. The number of thioether (sulfide) groups is 1. The molecule has 0 saturated carbocycles. The zero-order chi connectivity index (χ0) is 13.1. The van der Waals surface area contributed by atoms with E-state index in [4.69, 9.17) is 5.11 Å². The number of hydrogen-bond acceptors (Lipinski definition) is 4. The van der Waals surface area contributed by atoms with Gasteiger partial charge in [-0.2, -0.15) is 0 Å². The van der Waals surface area contributed by atoms with Crippen LogP contribution in [0.1, 0.15) is 23.2 Å². The molecule has 1 unspecified atom stereocenters. The minimum absolute atomic E-state index is 0.239. The number of carbonyl (C=O) groups excluding carboxylic acids is 1. The summed E-state index contributed by atoms with van der Waals surface area (Å²) in [5.41, 5.74) is 0.484. The molecule has 1 aliphatic heterocycles. The molecule has 0 spiro atoms. The van der Waals surface area contributed by atoms with Crippen molar-refractivity contribution in [2.45, 2.75) is 23.9 Å². The second kappa shape index (κ2) is 5.39. The normalized spacial score (nSPS) is 18.9. The number of rotatable bonds is 3. The Morgan fingerprint density at radius 3 is 3.00 bits per heavy atom. The van der Waals surface area contributed by atoms with E-state index in [0.717, 1.165) is 6.42 Å². The SMILES string of the molecule is CSc1ncccc1C(=O)N1CCCC1C(=O)O. The van der Waals surface area contributed by atoms with E-state index in [1.54, 1.807) is 18.3 Å². The fourth-order valence-electron chi connectivity index (χ4n) is 2.14. The summed E-state index contributed by atoms with van der Waals surface area (Å²) in [4.78, 5) is 29.0. The number of aromatic nitrogens is 1. The average molecular weight is 266 g/mol. The van der Waals surface area contributed by atoms with Crippen molar-refractivity contribution >= 4 is 23.6 Å². The Morgan fingerprint density at radius 2 is 2.33 bits per heavy atom. The van der Waals surface area contributed by atoms with Gasteiger partial charge in [-0.15, -0.1) is 11.8 Å². The van der Waals surface area contributed by atoms with E-state index >= 15 is 0 Å². The zero-order valence-corrected chi connectivity index (χ0v) is 10.8. The molecule has 5 nitrogen and oxygen atoms in total. The summed E-state index contributed by atoms with van der Waals surface area (Å²) in [6.07, 6.45) is 4.73. The van der Waals surface area contributed by atoms with Crippen molar-refractivity contribution in [2.24, 2.45) is 0 Å². The number of nitrogens with zero attached hydrogens (tertiary/aromatic N) is 2. The van der Waals surface area contributed by atoms with Gasteiger partial charge in [0, 0.05) is 12.7 Å². The van der Waals surface area contributed by atoms with Gasteiger partial charge in [0.2, 0.25) is 0 Å².